The molecule has 8 heteroatoms. The predicted molar refractivity (Wildman–Crippen MR) is 157 cm³/mol. The molecular formula is C32H39N3O5. The third-order valence-electron chi connectivity index (χ3n) is 6.49. The summed E-state index contributed by atoms with van der Waals surface area (Å²) >= 11 is 0. The Labute approximate surface area is 236 Å². The zero-order valence-electron chi connectivity index (χ0n) is 23.7. The number of carbonyl (C=O) groups excluding carboxylic acids is 2. The van der Waals surface area contributed by atoms with E-state index in [1.807, 2.05) is 24.3 Å². The van der Waals surface area contributed by atoms with Crippen molar-refractivity contribution in [2.24, 2.45) is 11.7 Å². The standard InChI is InChI=1S/C32H39N3O5/c1-5-22-19-25(12-11-23-9-7-6-8-10-23)29(39-17-18-40-31(36)21(2)3)27(20-22)28(32(37)38-4)35-26-15-13-24(14-16-26)30(33)34/h6-10,13-16,19-21,28,35H,5,11-12,17-18H2,1-4H3,(H3,33,34). The SMILES string of the molecule is CCc1cc(CCc2ccccc2)c(OCCOC(=O)C(C)C)c(C(Nc2ccc(C(=N)N)cc2)C(=O)OC)c1. The van der Waals surface area contributed by atoms with Gasteiger partial charge >= 0.3 is 11.9 Å². The Bertz CT molecular complexity index is 1290. The summed E-state index contributed by atoms with van der Waals surface area (Å²) in [5.74, 6) is -0.477. The highest BCUT2D eigenvalue weighted by Crippen LogP contribution is 2.35. The summed E-state index contributed by atoms with van der Waals surface area (Å²) < 4.78 is 16.8. The highest BCUT2D eigenvalue weighted by molar-refractivity contribution is 5.95. The van der Waals surface area contributed by atoms with Gasteiger partial charge in [-0.05, 0) is 66.3 Å². The maximum Gasteiger partial charge on any atom is 0.333 e. The Hall–Kier alpha value is -4.33. The van der Waals surface area contributed by atoms with Crippen molar-refractivity contribution in [3.05, 3.63) is 94.5 Å². The smallest absolute Gasteiger partial charge is 0.333 e. The first-order chi connectivity index (χ1) is 19.2. The molecule has 0 spiro atoms. The van der Waals surface area contributed by atoms with E-state index < -0.39 is 12.0 Å². The molecule has 1 unspecified atom stereocenters. The molecular weight excluding hydrogens is 506 g/mol. The van der Waals surface area contributed by atoms with Gasteiger partial charge in [-0.1, -0.05) is 57.2 Å². The summed E-state index contributed by atoms with van der Waals surface area (Å²) in [5, 5.41) is 10.9. The summed E-state index contributed by atoms with van der Waals surface area (Å²) in [6.45, 7) is 5.85. The molecule has 1 atom stereocenters. The third kappa shape index (κ3) is 8.33. The topological polar surface area (TPSA) is 124 Å². The number of esters is 2. The van der Waals surface area contributed by atoms with Crippen LogP contribution in [-0.2, 0) is 38.3 Å². The molecule has 0 radical (unpaired) electrons. The number of nitrogens with two attached hydrogens (primary N) is 1. The normalized spacial score (nSPS) is 11.5. The molecule has 0 aromatic heterocycles. The van der Waals surface area contributed by atoms with E-state index in [4.69, 9.17) is 25.4 Å². The van der Waals surface area contributed by atoms with E-state index in [1.54, 1.807) is 38.1 Å². The maximum atomic E-state index is 13.2. The van der Waals surface area contributed by atoms with E-state index in [2.05, 4.69) is 30.4 Å². The van der Waals surface area contributed by atoms with Crippen molar-refractivity contribution in [2.75, 3.05) is 25.6 Å². The fraction of sp³-hybridized carbons (Fsp3) is 0.344. The van der Waals surface area contributed by atoms with Gasteiger partial charge in [-0.15, -0.1) is 0 Å². The van der Waals surface area contributed by atoms with Gasteiger partial charge < -0.3 is 25.3 Å². The molecule has 0 aliphatic rings. The molecule has 0 aliphatic heterocycles. The van der Waals surface area contributed by atoms with E-state index in [-0.39, 0.29) is 30.9 Å². The van der Waals surface area contributed by atoms with Crippen LogP contribution in [0.1, 0.15) is 54.6 Å². The number of rotatable bonds is 14. The Morgan fingerprint density at radius 2 is 1.62 bits per heavy atom. The predicted octanol–water partition coefficient (Wildman–Crippen LogP) is 5.22. The summed E-state index contributed by atoms with van der Waals surface area (Å²) in [7, 11) is 1.35. The van der Waals surface area contributed by atoms with Crippen molar-refractivity contribution >= 4 is 23.5 Å². The number of benzene rings is 3. The average Bonchev–Trinajstić information content (AvgIpc) is 2.97. The van der Waals surface area contributed by atoms with E-state index >= 15 is 0 Å². The Balaban J connectivity index is 2.00. The highest BCUT2D eigenvalue weighted by atomic mass is 16.6. The summed E-state index contributed by atoms with van der Waals surface area (Å²) in [6.07, 6.45) is 2.24. The van der Waals surface area contributed by atoms with Crippen LogP contribution >= 0.6 is 0 Å². The van der Waals surface area contributed by atoms with Crippen LogP contribution in [-0.4, -0.2) is 38.1 Å². The maximum absolute atomic E-state index is 13.2. The second-order valence-corrected chi connectivity index (χ2v) is 9.77. The van der Waals surface area contributed by atoms with Crippen molar-refractivity contribution in [2.45, 2.75) is 46.1 Å². The quantitative estimate of drug-likeness (QED) is 0.110. The van der Waals surface area contributed by atoms with Crippen LogP contribution in [0.25, 0.3) is 0 Å². The van der Waals surface area contributed by atoms with Crippen LogP contribution in [0.2, 0.25) is 0 Å². The first kappa shape index (κ1) is 30.2. The van der Waals surface area contributed by atoms with Crippen LogP contribution in [0.15, 0.2) is 66.7 Å². The summed E-state index contributed by atoms with van der Waals surface area (Å²) in [6, 6.07) is 20.3. The van der Waals surface area contributed by atoms with Gasteiger partial charge in [-0.2, -0.15) is 0 Å². The van der Waals surface area contributed by atoms with Gasteiger partial charge in [0.2, 0.25) is 0 Å². The molecule has 212 valence electrons. The number of nitrogens with one attached hydrogen (secondary N) is 2. The average molecular weight is 546 g/mol. The number of methoxy groups -OCH3 is 1. The molecule has 0 fully saturated rings. The second kappa shape index (κ2) is 14.7. The minimum atomic E-state index is -0.872. The van der Waals surface area contributed by atoms with Gasteiger partial charge in [-0.25, -0.2) is 4.79 Å². The summed E-state index contributed by atoms with van der Waals surface area (Å²) in [5.41, 5.74) is 10.7. The number of amidine groups is 1. The zero-order chi connectivity index (χ0) is 29.1. The molecule has 3 rings (SSSR count). The molecule has 8 nitrogen and oxygen atoms in total. The van der Waals surface area contributed by atoms with E-state index in [0.717, 1.165) is 24.0 Å². The number of nitrogen functional groups attached to an aromatic ring is 1. The Kier molecular flexibility index (Phi) is 11.1. The van der Waals surface area contributed by atoms with Gasteiger partial charge in [-0.3, -0.25) is 10.2 Å². The second-order valence-electron chi connectivity index (χ2n) is 9.77. The molecule has 3 aromatic carbocycles. The Morgan fingerprint density at radius 1 is 0.925 bits per heavy atom. The molecule has 0 amide bonds. The number of anilines is 1. The van der Waals surface area contributed by atoms with Crippen molar-refractivity contribution in [1.82, 2.24) is 0 Å². The van der Waals surface area contributed by atoms with Gasteiger partial charge in [0.15, 0.2) is 6.04 Å². The van der Waals surface area contributed by atoms with Crippen LogP contribution < -0.4 is 15.8 Å². The third-order valence-corrected chi connectivity index (χ3v) is 6.49. The highest BCUT2D eigenvalue weighted by Gasteiger charge is 2.28. The summed E-state index contributed by atoms with van der Waals surface area (Å²) in [4.78, 5) is 25.1. The van der Waals surface area contributed by atoms with Gasteiger partial charge in [0.25, 0.3) is 0 Å². The van der Waals surface area contributed by atoms with Crippen molar-refractivity contribution in [3.63, 3.8) is 0 Å². The van der Waals surface area contributed by atoms with Gasteiger partial charge in [0.1, 0.15) is 24.8 Å². The lowest BCUT2D eigenvalue weighted by Crippen LogP contribution is -2.24. The zero-order valence-corrected chi connectivity index (χ0v) is 23.7. The number of hydrogen-bond donors (Lipinski definition) is 3. The lowest BCUT2D eigenvalue weighted by molar-refractivity contribution is -0.148. The minimum absolute atomic E-state index is 0.0383. The van der Waals surface area contributed by atoms with Crippen molar-refractivity contribution in [1.29, 1.82) is 5.41 Å². The minimum Gasteiger partial charge on any atom is -0.489 e. The first-order valence-electron chi connectivity index (χ1n) is 13.5. The van der Waals surface area contributed by atoms with Crippen LogP contribution in [0.4, 0.5) is 5.69 Å². The van der Waals surface area contributed by atoms with E-state index in [1.165, 1.54) is 12.7 Å². The van der Waals surface area contributed by atoms with Crippen LogP contribution in [0.3, 0.4) is 0 Å². The lowest BCUT2D eigenvalue weighted by atomic mass is 9.94. The molecule has 0 bridgehead atoms. The number of aryl methyl sites for hydroxylation is 3. The fourth-order valence-electron chi connectivity index (χ4n) is 4.23. The molecule has 0 heterocycles. The van der Waals surface area contributed by atoms with E-state index in [0.29, 0.717) is 29.0 Å². The molecule has 4 N–H and O–H groups in total. The number of ether oxygens (including phenoxy) is 3. The molecule has 40 heavy (non-hydrogen) atoms. The van der Waals surface area contributed by atoms with Crippen LogP contribution in [0.5, 0.6) is 5.75 Å². The lowest BCUT2D eigenvalue weighted by Gasteiger charge is -2.24. The largest absolute Gasteiger partial charge is 0.489 e. The van der Waals surface area contributed by atoms with Gasteiger partial charge in [0, 0.05) is 16.8 Å². The molecule has 3 aromatic rings. The molecule has 0 saturated carbocycles. The van der Waals surface area contributed by atoms with Gasteiger partial charge in [0.05, 0.1) is 13.0 Å². The fourth-order valence-corrected chi connectivity index (χ4v) is 4.23. The number of hydrogen-bond acceptors (Lipinski definition) is 7. The van der Waals surface area contributed by atoms with E-state index in [9.17, 15) is 9.59 Å². The van der Waals surface area contributed by atoms with Crippen LogP contribution in [0, 0.1) is 11.3 Å². The Morgan fingerprint density at radius 3 is 2.23 bits per heavy atom. The monoisotopic (exact) mass is 545 g/mol. The molecule has 0 aliphatic carbocycles. The first-order valence-corrected chi connectivity index (χ1v) is 13.5. The van der Waals surface area contributed by atoms with Crippen molar-refractivity contribution < 1.29 is 23.8 Å². The van der Waals surface area contributed by atoms with Crippen molar-refractivity contribution in [3.8, 4) is 5.75 Å². The number of carbonyl (C=O) groups is 2. The molecule has 0 saturated heterocycles.